The summed E-state index contributed by atoms with van der Waals surface area (Å²) in [6, 6.07) is 11.8. The highest BCUT2D eigenvalue weighted by Gasteiger charge is 2.36. The summed E-state index contributed by atoms with van der Waals surface area (Å²) >= 11 is 4.56. The maximum atomic E-state index is 13.9. The molecule has 178 valence electrons. The van der Waals surface area contributed by atoms with Crippen molar-refractivity contribution in [2.24, 2.45) is 4.99 Å². The summed E-state index contributed by atoms with van der Waals surface area (Å²) < 4.78 is 13.4. The van der Waals surface area contributed by atoms with Crippen LogP contribution in [0.25, 0.3) is 5.57 Å². The topological polar surface area (TPSA) is 99.0 Å². The molecule has 0 bridgehead atoms. The summed E-state index contributed by atoms with van der Waals surface area (Å²) in [7, 11) is 1.53. The number of nitrogens with zero attached hydrogens (tertiary/aromatic N) is 2. The number of methoxy groups -OCH3 is 1. The number of allylic oxidation sites excluding steroid dienone is 1. The second kappa shape index (κ2) is 8.94. The van der Waals surface area contributed by atoms with Gasteiger partial charge in [0.1, 0.15) is 16.3 Å². The van der Waals surface area contributed by atoms with Crippen LogP contribution in [0, 0.1) is 0 Å². The van der Waals surface area contributed by atoms with Crippen molar-refractivity contribution in [3.63, 3.8) is 0 Å². The Bertz CT molecular complexity index is 1620. The normalized spacial score (nSPS) is 17.9. The lowest BCUT2D eigenvalue weighted by molar-refractivity contribution is -0.139. The van der Waals surface area contributed by atoms with Crippen LogP contribution < -0.4 is 24.9 Å². The minimum absolute atomic E-state index is 0.175. The number of carbonyl (C=O) groups excluding carboxylic acids is 2. The molecule has 1 amide bonds. The molecule has 2 aromatic carbocycles. The number of esters is 1. The van der Waals surface area contributed by atoms with E-state index >= 15 is 0 Å². The first-order valence-corrected chi connectivity index (χ1v) is 12.4. The van der Waals surface area contributed by atoms with Crippen LogP contribution in [0.4, 0.5) is 5.69 Å². The molecule has 10 heteroatoms. The Morgan fingerprint density at radius 2 is 2.00 bits per heavy atom. The molecule has 1 atom stereocenters. The number of nitrogens with one attached hydrogen (secondary N) is 1. The highest BCUT2D eigenvalue weighted by atomic mass is 79.9. The van der Waals surface area contributed by atoms with Gasteiger partial charge in [0.25, 0.3) is 11.5 Å². The van der Waals surface area contributed by atoms with Crippen LogP contribution >= 0.6 is 27.3 Å². The van der Waals surface area contributed by atoms with E-state index in [2.05, 4.69) is 26.2 Å². The Morgan fingerprint density at radius 1 is 1.23 bits per heavy atom. The third-order valence-electron chi connectivity index (χ3n) is 5.88. The van der Waals surface area contributed by atoms with Gasteiger partial charge < -0.3 is 14.8 Å². The van der Waals surface area contributed by atoms with E-state index in [1.54, 1.807) is 38.1 Å². The highest BCUT2D eigenvalue weighted by Crippen LogP contribution is 2.36. The Hall–Kier alpha value is -3.50. The molecule has 0 aliphatic carbocycles. The monoisotopic (exact) mass is 553 g/mol. The lowest BCUT2D eigenvalue weighted by Gasteiger charge is -2.25. The second-order valence-electron chi connectivity index (χ2n) is 7.88. The van der Waals surface area contributed by atoms with Crippen molar-refractivity contribution in [2.45, 2.75) is 19.9 Å². The zero-order valence-electron chi connectivity index (χ0n) is 19.0. The van der Waals surface area contributed by atoms with E-state index in [1.165, 1.54) is 11.7 Å². The van der Waals surface area contributed by atoms with Crippen LogP contribution in [-0.2, 0) is 14.3 Å². The van der Waals surface area contributed by atoms with Crippen molar-refractivity contribution in [1.29, 1.82) is 0 Å². The molecule has 3 aromatic rings. The lowest BCUT2D eigenvalue weighted by Crippen LogP contribution is -2.40. The van der Waals surface area contributed by atoms with Crippen LogP contribution in [-0.4, -0.2) is 30.2 Å². The van der Waals surface area contributed by atoms with E-state index < -0.39 is 17.6 Å². The van der Waals surface area contributed by atoms with Gasteiger partial charge in [-0.25, -0.2) is 9.79 Å². The van der Waals surface area contributed by atoms with Crippen molar-refractivity contribution in [2.75, 3.05) is 19.0 Å². The molecule has 1 N–H and O–H groups in total. The summed E-state index contributed by atoms with van der Waals surface area (Å²) in [5, 5.41) is 2.82. The number of aromatic nitrogens is 1. The fourth-order valence-corrected chi connectivity index (χ4v) is 5.90. The summed E-state index contributed by atoms with van der Waals surface area (Å²) in [6.45, 7) is 3.61. The molecule has 2 aliphatic heterocycles. The average Bonchev–Trinajstić information content (AvgIpc) is 3.32. The predicted octanol–water partition coefficient (Wildman–Crippen LogP) is 2.89. The van der Waals surface area contributed by atoms with Gasteiger partial charge in [-0.05, 0) is 38.1 Å². The first-order chi connectivity index (χ1) is 16.8. The molecular weight excluding hydrogens is 534 g/mol. The van der Waals surface area contributed by atoms with Gasteiger partial charge in [0.2, 0.25) is 0 Å². The second-order valence-corrected chi connectivity index (χ2v) is 9.78. The average molecular weight is 554 g/mol. The van der Waals surface area contributed by atoms with Gasteiger partial charge in [-0.3, -0.25) is 14.2 Å². The van der Waals surface area contributed by atoms with Gasteiger partial charge >= 0.3 is 5.97 Å². The SMILES string of the molecule is CCOC(=O)C1=C(C)N=c2s/c(=C3\C(=O)Nc4ccc(Br)cc43)c(=O)n2[C@H]1c1ccccc1OC. The third kappa shape index (κ3) is 3.73. The number of para-hydroxylation sites is 1. The summed E-state index contributed by atoms with van der Waals surface area (Å²) in [4.78, 5) is 44.9. The number of anilines is 1. The predicted molar refractivity (Wildman–Crippen MR) is 135 cm³/mol. The van der Waals surface area contributed by atoms with Gasteiger partial charge in [0, 0.05) is 21.3 Å². The summed E-state index contributed by atoms with van der Waals surface area (Å²) in [6.07, 6.45) is 0. The smallest absolute Gasteiger partial charge is 0.338 e. The minimum atomic E-state index is -0.831. The Morgan fingerprint density at radius 3 is 2.74 bits per heavy atom. The molecule has 2 aliphatic rings. The molecule has 8 nitrogen and oxygen atoms in total. The number of fused-ring (bicyclic) bond motifs is 2. The summed E-state index contributed by atoms with van der Waals surface area (Å²) in [5.41, 5.74) is 2.42. The van der Waals surface area contributed by atoms with Gasteiger partial charge in [0.15, 0.2) is 4.80 Å². The summed E-state index contributed by atoms with van der Waals surface area (Å²) in [5.74, 6) is -0.408. The fourth-order valence-electron chi connectivity index (χ4n) is 4.39. The van der Waals surface area contributed by atoms with Crippen molar-refractivity contribution in [3.8, 4) is 5.75 Å². The van der Waals surface area contributed by atoms with E-state index in [-0.39, 0.29) is 28.2 Å². The van der Waals surface area contributed by atoms with E-state index in [0.29, 0.717) is 33.1 Å². The first kappa shape index (κ1) is 23.3. The van der Waals surface area contributed by atoms with Crippen molar-refractivity contribution >= 4 is 50.4 Å². The van der Waals surface area contributed by atoms with Gasteiger partial charge in [-0.2, -0.15) is 0 Å². The van der Waals surface area contributed by atoms with E-state index in [9.17, 15) is 14.4 Å². The van der Waals surface area contributed by atoms with Crippen molar-refractivity contribution in [1.82, 2.24) is 4.57 Å². The lowest BCUT2D eigenvalue weighted by atomic mass is 9.95. The van der Waals surface area contributed by atoms with Gasteiger partial charge in [-0.15, -0.1) is 0 Å². The molecule has 0 saturated heterocycles. The Balaban J connectivity index is 1.85. The molecule has 0 unspecified atom stereocenters. The first-order valence-electron chi connectivity index (χ1n) is 10.8. The van der Waals surface area contributed by atoms with E-state index in [0.717, 1.165) is 15.8 Å². The molecule has 1 aromatic heterocycles. The maximum absolute atomic E-state index is 13.9. The van der Waals surface area contributed by atoms with E-state index in [1.807, 2.05) is 18.2 Å². The third-order valence-corrected chi connectivity index (χ3v) is 7.43. The maximum Gasteiger partial charge on any atom is 0.338 e. The van der Waals surface area contributed by atoms with Crippen LogP contribution in [0.2, 0.25) is 0 Å². The molecule has 0 radical (unpaired) electrons. The standard InChI is InChI=1S/C25H20BrN3O5S/c1-4-34-24(32)18-12(2)27-25-29(20(18)14-7-5-6-8-17(14)33-3)23(31)21(35-25)19-15-11-13(26)9-10-16(15)28-22(19)30/h5-11,20H,4H2,1-3H3,(H,28,30)/b21-19-/t20-/m0/s1. The molecule has 5 rings (SSSR count). The van der Waals surface area contributed by atoms with Gasteiger partial charge in [-0.1, -0.05) is 45.5 Å². The molecule has 0 saturated carbocycles. The number of amides is 1. The number of thiazole rings is 1. The number of ether oxygens (including phenoxy) is 2. The van der Waals surface area contributed by atoms with Crippen LogP contribution in [0.5, 0.6) is 5.75 Å². The molecule has 35 heavy (non-hydrogen) atoms. The van der Waals surface area contributed by atoms with E-state index in [4.69, 9.17) is 9.47 Å². The largest absolute Gasteiger partial charge is 0.496 e. The number of carbonyl (C=O) groups is 2. The van der Waals surface area contributed by atoms with Crippen LogP contribution in [0.15, 0.2) is 68.0 Å². The molecule has 0 spiro atoms. The molecule has 0 fully saturated rings. The number of hydrogen-bond acceptors (Lipinski definition) is 7. The van der Waals surface area contributed by atoms with Crippen LogP contribution in [0.1, 0.15) is 31.0 Å². The van der Waals surface area contributed by atoms with Crippen LogP contribution in [0.3, 0.4) is 0 Å². The highest BCUT2D eigenvalue weighted by molar-refractivity contribution is 9.10. The number of rotatable bonds is 4. The Labute approximate surface area is 212 Å². The van der Waals surface area contributed by atoms with Crippen molar-refractivity contribution in [3.05, 3.63) is 89.0 Å². The molecular formula is C25H20BrN3O5S. The Kier molecular flexibility index (Phi) is 5.94. The number of hydrogen-bond donors (Lipinski definition) is 1. The molecule has 3 heterocycles. The fraction of sp³-hybridized carbons (Fsp3) is 0.200. The van der Waals surface area contributed by atoms with Crippen molar-refractivity contribution < 1.29 is 19.1 Å². The zero-order chi connectivity index (χ0) is 24.9. The zero-order valence-corrected chi connectivity index (χ0v) is 21.5. The quantitative estimate of drug-likeness (QED) is 0.501. The minimum Gasteiger partial charge on any atom is -0.496 e. The number of benzene rings is 2. The van der Waals surface area contributed by atoms with Gasteiger partial charge in [0.05, 0.1) is 30.6 Å². The number of halogens is 1.